The van der Waals surface area contributed by atoms with Crippen molar-refractivity contribution in [3.63, 3.8) is 0 Å². The van der Waals surface area contributed by atoms with Gasteiger partial charge in [0.05, 0.1) is 6.20 Å². The van der Waals surface area contributed by atoms with Crippen molar-refractivity contribution >= 4 is 6.20 Å². The van der Waals surface area contributed by atoms with Crippen molar-refractivity contribution in [3.05, 3.63) is 36.2 Å². The summed E-state index contributed by atoms with van der Waals surface area (Å²) in [6, 6.07) is 0. The van der Waals surface area contributed by atoms with Gasteiger partial charge in [0, 0.05) is 24.5 Å². The molecule has 0 saturated heterocycles. The maximum atomic E-state index is 4.14. The maximum Gasteiger partial charge on any atom is 0.0538 e. The number of hydrogen-bond acceptors (Lipinski definition) is 2. The smallest absolute Gasteiger partial charge is 0.0538 e. The fourth-order valence-electron chi connectivity index (χ4n) is 2.01. The normalized spacial score (nSPS) is 15.1. The summed E-state index contributed by atoms with van der Waals surface area (Å²) < 4.78 is 1.73. The maximum absolute atomic E-state index is 4.14. The fraction of sp³-hybridized carbons (Fsp3) is 0.462. The molecule has 1 aliphatic rings. The first-order valence-corrected chi connectivity index (χ1v) is 5.92. The van der Waals surface area contributed by atoms with Gasteiger partial charge in [-0.25, -0.2) is 4.68 Å². The fourth-order valence-corrected chi connectivity index (χ4v) is 2.01. The summed E-state index contributed by atoms with van der Waals surface area (Å²) in [5.74, 6) is 0. The first kappa shape index (κ1) is 11.1. The second kappa shape index (κ2) is 5.66. The SMILES string of the molecule is C=Cn1cc(CNCCC2=CCCC2)cn1. The molecule has 0 radical (unpaired) electrons. The van der Waals surface area contributed by atoms with Gasteiger partial charge >= 0.3 is 0 Å². The summed E-state index contributed by atoms with van der Waals surface area (Å²) in [4.78, 5) is 0. The Bertz CT molecular complexity index is 376. The lowest BCUT2D eigenvalue weighted by atomic mass is 10.2. The summed E-state index contributed by atoms with van der Waals surface area (Å²) in [5.41, 5.74) is 2.83. The second-order valence-corrected chi connectivity index (χ2v) is 4.19. The summed E-state index contributed by atoms with van der Waals surface area (Å²) in [6.45, 7) is 5.62. The lowest BCUT2D eigenvalue weighted by Gasteiger charge is -2.03. The molecule has 1 N–H and O–H groups in total. The van der Waals surface area contributed by atoms with E-state index in [-0.39, 0.29) is 0 Å². The van der Waals surface area contributed by atoms with Crippen LogP contribution in [-0.4, -0.2) is 16.3 Å². The molecule has 0 spiro atoms. The van der Waals surface area contributed by atoms with Gasteiger partial charge in [0.2, 0.25) is 0 Å². The van der Waals surface area contributed by atoms with Crippen LogP contribution in [0.4, 0.5) is 0 Å². The minimum Gasteiger partial charge on any atom is -0.312 e. The van der Waals surface area contributed by atoms with Gasteiger partial charge in [-0.2, -0.15) is 5.10 Å². The Hall–Kier alpha value is -1.35. The molecule has 0 aliphatic heterocycles. The highest BCUT2D eigenvalue weighted by Gasteiger charge is 2.03. The van der Waals surface area contributed by atoms with Crippen LogP contribution in [0.5, 0.6) is 0 Å². The molecule has 0 saturated carbocycles. The molecule has 0 amide bonds. The van der Waals surface area contributed by atoms with Crippen molar-refractivity contribution in [1.82, 2.24) is 15.1 Å². The van der Waals surface area contributed by atoms with Gasteiger partial charge in [-0.05, 0) is 32.2 Å². The Morgan fingerprint density at radius 1 is 1.56 bits per heavy atom. The topological polar surface area (TPSA) is 29.9 Å². The third-order valence-electron chi connectivity index (χ3n) is 2.93. The average molecular weight is 217 g/mol. The lowest BCUT2D eigenvalue weighted by Crippen LogP contribution is -2.14. The van der Waals surface area contributed by atoms with Crippen molar-refractivity contribution in [1.29, 1.82) is 0 Å². The first-order chi connectivity index (χ1) is 7.88. The molecule has 1 aliphatic carbocycles. The zero-order valence-electron chi connectivity index (χ0n) is 9.65. The van der Waals surface area contributed by atoms with Crippen molar-refractivity contribution in [2.75, 3.05) is 6.54 Å². The van der Waals surface area contributed by atoms with Crippen molar-refractivity contribution in [2.24, 2.45) is 0 Å². The second-order valence-electron chi connectivity index (χ2n) is 4.19. The van der Waals surface area contributed by atoms with Crippen LogP contribution < -0.4 is 5.32 Å². The number of rotatable bonds is 6. The van der Waals surface area contributed by atoms with Crippen molar-refractivity contribution in [2.45, 2.75) is 32.2 Å². The zero-order valence-corrected chi connectivity index (χ0v) is 9.65. The standard InChI is InChI=1S/C13H19N3/c1-2-16-11-13(10-15-16)9-14-8-7-12-5-3-4-6-12/h2,5,10-11,14H,1,3-4,6-9H2. The van der Waals surface area contributed by atoms with Gasteiger partial charge in [0.1, 0.15) is 0 Å². The van der Waals surface area contributed by atoms with Gasteiger partial charge < -0.3 is 5.32 Å². The molecule has 0 unspecified atom stereocenters. The van der Waals surface area contributed by atoms with Gasteiger partial charge in [0.15, 0.2) is 0 Å². The highest BCUT2D eigenvalue weighted by molar-refractivity contribution is 5.17. The Balaban J connectivity index is 1.65. The molecule has 2 rings (SSSR count). The summed E-state index contributed by atoms with van der Waals surface area (Å²) in [6.07, 6.45) is 13.1. The van der Waals surface area contributed by atoms with E-state index < -0.39 is 0 Å². The van der Waals surface area contributed by atoms with E-state index in [1.807, 2.05) is 12.4 Å². The third kappa shape index (κ3) is 3.07. The number of allylic oxidation sites excluding steroid dienone is 1. The van der Waals surface area contributed by atoms with Gasteiger partial charge in [-0.1, -0.05) is 18.2 Å². The quantitative estimate of drug-likeness (QED) is 0.586. The van der Waals surface area contributed by atoms with E-state index in [4.69, 9.17) is 0 Å². The Morgan fingerprint density at radius 3 is 3.19 bits per heavy atom. The number of aromatic nitrogens is 2. The van der Waals surface area contributed by atoms with Crippen LogP contribution in [-0.2, 0) is 6.54 Å². The number of hydrogen-bond donors (Lipinski definition) is 1. The highest BCUT2D eigenvalue weighted by Crippen LogP contribution is 2.19. The van der Waals surface area contributed by atoms with Crippen LogP contribution in [0.3, 0.4) is 0 Å². The molecule has 0 aromatic carbocycles. The lowest BCUT2D eigenvalue weighted by molar-refractivity contribution is 0.676. The summed E-state index contributed by atoms with van der Waals surface area (Å²) in [5, 5.41) is 7.58. The highest BCUT2D eigenvalue weighted by atomic mass is 15.2. The molecular weight excluding hydrogens is 198 g/mol. The largest absolute Gasteiger partial charge is 0.312 e. The van der Waals surface area contributed by atoms with Crippen LogP contribution in [0.15, 0.2) is 30.6 Å². The van der Waals surface area contributed by atoms with Crippen LogP contribution in [0, 0.1) is 0 Å². The predicted octanol–water partition coefficient (Wildman–Crippen LogP) is 2.57. The molecule has 0 atom stereocenters. The van der Waals surface area contributed by atoms with Crippen LogP contribution in [0.1, 0.15) is 31.2 Å². The van der Waals surface area contributed by atoms with Gasteiger partial charge in [-0.15, -0.1) is 0 Å². The zero-order chi connectivity index (χ0) is 11.2. The Morgan fingerprint density at radius 2 is 2.50 bits per heavy atom. The summed E-state index contributed by atoms with van der Waals surface area (Å²) in [7, 11) is 0. The van der Waals surface area contributed by atoms with Crippen LogP contribution in [0.2, 0.25) is 0 Å². The molecule has 16 heavy (non-hydrogen) atoms. The number of nitrogens with one attached hydrogen (secondary N) is 1. The molecule has 1 aromatic heterocycles. The Labute approximate surface area is 96.9 Å². The molecule has 0 bridgehead atoms. The predicted molar refractivity (Wildman–Crippen MR) is 66.9 cm³/mol. The monoisotopic (exact) mass is 217 g/mol. The van der Waals surface area contributed by atoms with E-state index >= 15 is 0 Å². The minimum atomic E-state index is 0.890. The molecule has 86 valence electrons. The number of nitrogens with zero attached hydrogens (tertiary/aromatic N) is 2. The van der Waals surface area contributed by atoms with E-state index in [1.165, 1.54) is 31.2 Å². The van der Waals surface area contributed by atoms with E-state index in [0.29, 0.717) is 0 Å². The van der Waals surface area contributed by atoms with Crippen LogP contribution in [0.25, 0.3) is 6.20 Å². The van der Waals surface area contributed by atoms with Crippen molar-refractivity contribution < 1.29 is 0 Å². The minimum absolute atomic E-state index is 0.890. The molecule has 1 aromatic rings. The third-order valence-corrected chi connectivity index (χ3v) is 2.93. The van der Waals surface area contributed by atoms with Crippen LogP contribution >= 0.6 is 0 Å². The van der Waals surface area contributed by atoms with Gasteiger partial charge in [-0.3, -0.25) is 0 Å². The van der Waals surface area contributed by atoms with Gasteiger partial charge in [0.25, 0.3) is 0 Å². The van der Waals surface area contributed by atoms with E-state index in [0.717, 1.165) is 13.1 Å². The average Bonchev–Trinajstić information content (AvgIpc) is 2.95. The summed E-state index contributed by atoms with van der Waals surface area (Å²) >= 11 is 0. The molecule has 0 fully saturated rings. The van der Waals surface area contributed by atoms with Crippen molar-refractivity contribution in [3.8, 4) is 0 Å². The molecular formula is C13H19N3. The van der Waals surface area contributed by atoms with E-state index in [2.05, 4.69) is 23.1 Å². The molecule has 3 heteroatoms. The Kier molecular flexibility index (Phi) is 3.94. The van der Waals surface area contributed by atoms with E-state index in [1.54, 1.807) is 16.5 Å². The first-order valence-electron chi connectivity index (χ1n) is 5.92. The molecule has 3 nitrogen and oxygen atoms in total. The van der Waals surface area contributed by atoms with E-state index in [9.17, 15) is 0 Å². The molecule has 1 heterocycles.